The lowest BCUT2D eigenvalue weighted by Gasteiger charge is -2.11. The molecule has 0 aliphatic carbocycles. The van der Waals surface area contributed by atoms with Crippen LogP contribution in [0.15, 0.2) is 24.3 Å². The first kappa shape index (κ1) is 18.1. The molecule has 0 aliphatic rings. The first-order chi connectivity index (χ1) is 11.8. The second-order valence-electron chi connectivity index (χ2n) is 5.30. The summed E-state index contributed by atoms with van der Waals surface area (Å²) in [5, 5.41) is 8.71. The number of aryl methyl sites for hydroxylation is 3. The summed E-state index contributed by atoms with van der Waals surface area (Å²) in [5.74, 6) is -1.23. The maximum absolute atomic E-state index is 12.5. The summed E-state index contributed by atoms with van der Waals surface area (Å²) in [6, 6.07) is 4.75. The van der Waals surface area contributed by atoms with Crippen LogP contribution in [0.1, 0.15) is 33.1 Å². The lowest BCUT2D eigenvalue weighted by molar-refractivity contribution is -0.131. The summed E-state index contributed by atoms with van der Waals surface area (Å²) >= 11 is 0. The molecule has 2 aromatic rings. The Morgan fingerprint density at radius 2 is 1.72 bits per heavy atom. The summed E-state index contributed by atoms with van der Waals surface area (Å²) in [6.45, 7) is 5.25. The molecule has 0 bridgehead atoms. The number of benzene rings is 1. The van der Waals surface area contributed by atoms with E-state index in [0.29, 0.717) is 22.7 Å². The summed E-state index contributed by atoms with van der Waals surface area (Å²) in [5.41, 5.74) is 2.52. The van der Waals surface area contributed by atoms with Crippen LogP contribution in [-0.4, -0.2) is 34.1 Å². The van der Waals surface area contributed by atoms with Crippen molar-refractivity contribution in [3.05, 3.63) is 52.6 Å². The number of esters is 1. The molecule has 1 heterocycles. The van der Waals surface area contributed by atoms with Crippen LogP contribution in [0.2, 0.25) is 0 Å². The highest BCUT2D eigenvalue weighted by Gasteiger charge is 2.18. The molecule has 130 valence electrons. The van der Waals surface area contributed by atoms with Gasteiger partial charge in [0.25, 0.3) is 0 Å². The van der Waals surface area contributed by atoms with E-state index in [4.69, 9.17) is 14.6 Å². The fourth-order valence-corrected chi connectivity index (χ4v) is 2.10. The van der Waals surface area contributed by atoms with Crippen LogP contribution >= 0.6 is 0 Å². The van der Waals surface area contributed by atoms with E-state index in [1.807, 2.05) is 6.92 Å². The van der Waals surface area contributed by atoms with Crippen LogP contribution in [0.5, 0.6) is 11.5 Å². The molecule has 0 saturated heterocycles. The molecule has 0 amide bonds. The molecule has 0 spiro atoms. The molecule has 7 heteroatoms. The van der Waals surface area contributed by atoms with Crippen LogP contribution < -0.4 is 9.47 Å². The SMILES string of the molecule is COc1ccc(/C=C/C(=O)O)cc1OC(=O)c1nc(C)c(C)nc1C. The van der Waals surface area contributed by atoms with E-state index in [2.05, 4.69) is 9.97 Å². The van der Waals surface area contributed by atoms with Crippen molar-refractivity contribution in [3.8, 4) is 11.5 Å². The molecule has 0 radical (unpaired) electrons. The minimum absolute atomic E-state index is 0.122. The predicted molar refractivity (Wildman–Crippen MR) is 90.9 cm³/mol. The molecule has 2 rings (SSSR count). The Balaban J connectivity index is 2.35. The molecule has 1 aromatic heterocycles. The van der Waals surface area contributed by atoms with Gasteiger partial charge in [-0.2, -0.15) is 0 Å². The first-order valence-corrected chi connectivity index (χ1v) is 7.45. The minimum Gasteiger partial charge on any atom is -0.493 e. The Kier molecular flexibility index (Phi) is 5.49. The monoisotopic (exact) mass is 342 g/mol. The van der Waals surface area contributed by atoms with E-state index in [-0.39, 0.29) is 11.4 Å². The number of carbonyl (C=O) groups excluding carboxylic acids is 1. The number of methoxy groups -OCH3 is 1. The van der Waals surface area contributed by atoms with Crippen LogP contribution in [0.4, 0.5) is 0 Å². The average molecular weight is 342 g/mol. The Labute approximate surface area is 145 Å². The van der Waals surface area contributed by atoms with Gasteiger partial charge in [0, 0.05) is 6.08 Å². The van der Waals surface area contributed by atoms with Gasteiger partial charge in [-0.1, -0.05) is 6.07 Å². The van der Waals surface area contributed by atoms with Crippen LogP contribution in [0.3, 0.4) is 0 Å². The number of carboxylic acids is 1. The van der Waals surface area contributed by atoms with Gasteiger partial charge in [-0.25, -0.2) is 14.6 Å². The Hall–Kier alpha value is -3.22. The van der Waals surface area contributed by atoms with Gasteiger partial charge in [-0.15, -0.1) is 0 Å². The quantitative estimate of drug-likeness (QED) is 0.507. The molecule has 0 aliphatic heterocycles. The standard InChI is InChI=1S/C18H18N2O5/c1-10-11(2)20-17(12(3)19-10)18(23)25-15-9-13(6-8-16(21)22)5-7-14(15)24-4/h5-9H,1-4H3,(H,21,22)/b8-6+. The molecule has 25 heavy (non-hydrogen) atoms. The number of rotatable bonds is 5. The zero-order valence-electron chi connectivity index (χ0n) is 14.4. The van der Waals surface area contributed by atoms with Gasteiger partial charge in [0.15, 0.2) is 17.2 Å². The van der Waals surface area contributed by atoms with Crippen molar-refractivity contribution in [1.29, 1.82) is 0 Å². The summed E-state index contributed by atoms with van der Waals surface area (Å²) in [6.07, 6.45) is 2.38. The fraction of sp³-hybridized carbons (Fsp3) is 0.222. The number of nitrogens with zero attached hydrogens (tertiary/aromatic N) is 2. The third-order valence-electron chi connectivity index (χ3n) is 3.48. The molecule has 7 nitrogen and oxygen atoms in total. The number of hydrogen-bond acceptors (Lipinski definition) is 6. The zero-order chi connectivity index (χ0) is 18.6. The highest BCUT2D eigenvalue weighted by molar-refractivity contribution is 5.90. The van der Waals surface area contributed by atoms with Gasteiger partial charge in [0.2, 0.25) is 0 Å². The summed E-state index contributed by atoms with van der Waals surface area (Å²) in [4.78, 5) is 31.6. The number of carboxylic acid groups (broad SMARTS) is 1. The second-order valence-corrected chi connectivity index (χ2v) is 5.30. The van der Waals surface area contributed by atoms with E-state index in [1.54, 1.807) is 26.0 Å². The van der Waals surface area contributed by atoms with Gasteiger partial charge in [0.1, 0.15) is 0 Å². The number of carbonyl (C=O) groups is 2. The summed E-state index contributed by atoms with van der Waals surface area (Å²) in [7, 11) is 1.44. The maximum atomic E-state index is 12.5. The molecule has 1 aromatic carbocycles. The first-order valence-electron chi connectivity index (χ1n) is 7.45. The van der Waals surface area contributed by atoms with Gasteiger partial charge < -0.3 is 14.6 Å². The second kappa shape index (κ2) is 7.57. The van der Waals surface area contributed by atoms with Crippen molar-refractivity contribution in [2.24, 2.45) is 0 Å². The van der Waals surface area contributed by atoms with E-state index >= 15 is 0 Å². The Morgan fingerprint density at radius 1 is 1.04 bits per heavy atom. The Bertz CT molecular complexity index is 859. The molecule has 1 N–H and O–H groups in total. The smallest absolute Gasteiger partial charge is 0.364 e. The molecule has 0 unspecified atom stereocenters. The van der Waals surface area contributed by atoms with E-state index in [9.17, 15) is 9.59 Å². The number of aromatic nitrogens is 2. The van der Waals surface area contributed by atoms with E-state index in [0.717, 1.165) is 11.8 Å². The topological polar surface area (TPSA) is 98.6 Å². The predicted octanol–water partition coefficient (Wildman–Crippen LogP) is 2.73. The number of aliphatic carboxylic acids is 1. The number of ether oxygens (including phenoxy) is 2. The average Bonchev–Trinajstić information content (AvgIpc) is 2.56. The van der Waals surface area contributed by atoms with Crippen LogP contribution in [0, 0.1) is 20.8 Å². The van der Waals surface area contributed by atoms with E-state index in [1.165, 1.54) is 19.3 Å². The van der Waals surface area contributed by atoms with Crippen molar-refractivity contribution in [1.82, 2.24) is 9.97 Å². The molecular formula is C18H18N2O5. The normalized spacial score (nSPS) is 10.7. The highest BCUT2D eigenvalue weighted by atomic mass is 16.6. The maximum Gasteiger partial charge on any atom is 0.364 e. The minimum atomic E-state index is -1.07. The van der Waals surface area contributed by atoms with Crippen molar-refractivity contribution in [3.63, 3.8) is 0 Å². The third kappa shape index (κ3) is 4.41. The largest absolute Gasteiger partial charge is 0.493 e. The fourth-order valence-electron chi connectivity index (χ4n) is 2.10. The molecule has 0 fully saturated rings. The van der Waals surface area contributed by atoms with Crippen molar-refractivity contribution in [2.75, 3.05) is 7.11 Å². The van der Waals surface area contributed by atoms with Crippen molar-refractivity contribution < 1.29 is 24.2 Å². The third-order valence-corrected chi connectivity index (χ3v) is 3.48. The molecule has 0 saturated carbocycles. The van der Waals surface area contributed by atoms with Crippen molar-refractivity contribution >= 4 is 18.0 Å². The number of hydrogen-bond donors (Lipinski definition) is 1. The van der Waals surface area contributed by atoms with Crippen LogP contribution in [0.25, 0.3) is 6.08 Å². The van der Waals surface area contributed by atoms with Gasteiger partial charge >= 0.3 is 11.9 Å². The molecule has 0 atom stereocenters. The highest BCUT2D eigenvalue weighted by Crippen LogP contribution is 2.29. The lowest BCUT2D eigenvalue weighted by atomic mass is 10.2. The van der Waals surface area contributed by atoms with Gasteiger partial charge in [-0.05, 0) is 44.5 Å². The van der Waals surface area contributed by atoms with E-state index < -0.39 is 11.9 Å². The molecular weight excluding hydrogens is 324 g/mol. The van der Waals surface area contributed by atoms with Gasteiger partial charge in [-0.3, -0.25) is 4.98 Å². The van der Waals surface area contributed by atoms with Crippen molar-refractivity contribution in [2.45, 2.75) is 20.8 Å². The van der Waals surface area contributed by atoms with Crippen LogP contribution in [-0.2, 0) is 4.79 Å². The zero-order valence-corrected chi connectivity index (χ0v) is 14.4. The Morgan fingerprint density at radius 3 is 2.36 bits per heavy atom. The summed E-state index contributed by atoms with van der Waals surface area (Å²) < 4.78 is 10.6. The lowest BCUT2D eigenvalue weighted by Crippen LogP contribution is -2.15. The van der Waals surface area contributed by atoms with Gasteiger partial charge in [0.05, 0.1) is 24.2 Å².